The molecule has 4 heteroatoms. The van der Waals surface area contributed by atoms with E-state index in [1.54, 1.807) is 6.21 Å². The highest BCUT2D eigenvalue weighted by Gasteiger charge is 1.93. The van der Waals surface area contributed by atoms with Gasteiger partial charge in [0.25, 0.3) is 0 Å². The van der Waals surface area contributed by atoms with E-state index in [1.807, 2.05) is 30.3 Å². The molecule has 0 saturated heterocycles. The number of thiocarbonyl (C=S) groups is 1. The van der Waals surface area contributed by atoms with Crippen LogP contribution in [0.25, 0.3) is 0 Å². The summed E-state index contributed by atoms with van der Waals surface area (Å²) in [7, 11) is 0. The summed E-state index contributed by atoms with van der Waals surface area (Å²) in [5, 5.41) is 7.51. The van der Waals surface area contributed by atoms with Crippen LogP contribution in [-0.2, 0) is 0 Å². The Morgan fingerprint density at radius 2 is 2.00 bits per heavy atom. The molecule has 0 aliphatic rings. The zero-order valence-corrected chi connectivity index (χ0v) is 9.71. The Kier molecular flexibility index (Phi) is 4.77. The van der Waals surface area contributed by atoms with Gasteiger partial charge in [0.2, 0.25) is 0 Å². The number of para-hydroxylation sites is 1. The third-order valence-corrected chi connectivity index (χ3v) is 1.76. The average molecular weight is 221 g/mol. The predicted molar refractivity (Wildman–Crippen MR) is 69.1 cm³/mol. The fraction of sp³-hybridized carbons (Fsp3) is 0.273. The summed E-state index contributed by atoms with van der Waals surface area (Å²) >= 11 is 5.05. The quantitative estimate of drug-likeness (QED) is 0.468. The minimum Gasteiger partial charge on any atom is -0.331 e. The maximum Gasteiger partial charge on any atom is 0.191 e. The first-order chi connectivity index (χ1) is 7.18. The molecule has 0 unspecified atom stereocenters. The van der Waals surface area contributed by atoms with Gasteiger partial charge in [-0.25, -0.2) is 0 Å². The molecule has 1 aromatic rings. The van der Waals surface area contributed by atoms with Crippen molar-refractivity contribution < 1.29 is 0 Å². The average Bonchev–Trinajstić information content (AvgIpc) is 2.18. The second-order valence-corrected chi connectivity index (χ2v) is 3.86. The monoisotopic (exact) mass is 221 g/mol. The SMILES string of the molecule is CC(C)C=NNC(=S)Nc1ccccc1. The van der Waals surface area contributed by atoms with Gasteiger partial charge in [-0.2, -0.15) is 5.10 Å². The number of hydrogen-bond donors (Lipinski definition) is 2. The molecule has 0 atom stereocenters. The van der Waals surface area contributed by atoms with Crippen LogP contribution in [-0.4, -0.2) is 11.3 Å². The van der Waals surface area contributed by atoms with Gasteiger partial charge >= 0.3 is 0 Å². The zero-order valence-electron chi connectivity index (χ0n) is 8.90. The fourth-order valence-electron chi connectivity index (χ4n) is 0.925. The smallest absolute Gasteiger partial charge is 0.191 e. The van der Waals surface area contributed by atoms with Gasteiger partial charge in [0.15, 0.2) is 5.11 Å². The number of benzene rings is 1. The van der Waals surface area contributed by atoms with Gasteiger partial charge in [0.05, 0.1) is 0 Å². The third-order valence-electron chi connectivity index (χ3n) is 1.57. The van der Waals surface area contributed by atoms with E-state index in [0.717, 1.165) is 5.69 Å². The van der Waals surface area contributed by atoms with Crippen LogP contribution in [0.3, 0.4) is 0 Å². The standard InChI is InChI=1S/C11H15N3S/c1-9(2)8-12-14-11(15)13-10-6-4-3-5-7-10/h3-9H,1-2H3,(H2,13,14,15). The number of hydrazone groups is 1. The summed E-state index contributed by atoms with van der Waals surface area (Å²) in [5.41, 5.74) is 3.71. The Labute approximate surface area is 95.6 Å². The van der Waals surface area contributed by atoms with Crippen molar-refractivity contribution in [1.29, 1.82) is 0 Å². The van der Waals surface area contributed by atoms with Gasteiger partial charge in [-0.3, -0.25) is 5.43 Å². The van der Waals surface area contributed by atoms with Gasteiger partial charge in [-0.05, 0) is 30.3 Å². The Bertz CT molecular complexity index is 333. The number of rotatable bonds is 3. The minimum absolute atomic E-state index is 0.414. The third kappa shape index (κ3) is 5.12. The number of hydrogen-bond acceptors (Lipinski definition) is 2. The van der Waals surface area contributed by atoms with Crippen LogP contribution < -0.4 is 10.7 Å². The molecule has 1 aromatic carbocycles. The molecule has 0 aromatic heterocycles. The lowest BCUT2D eigenvalue weighted by atomic mass is 10.3. The summed E-state index contributed by atoms with van der Waals surface area (Å²) < 4.78 is 0. The summed E-state index contributed by atoms with van der Waals surface area (Å²) in [6, 6.07) is 9.74. The molecule has 0 aliphatic carbocycles. The van der Waals surface area contributed by atoms with E-state index in [4.69, 9.17) is 12.2 Å². The molecular weight excluding hydrogens is 206 g/mol. The highest BCUT2D eigenvalue weighted by atomic mass is 32.1. The van der Waals surface area contributed by atoms with E-state index >= 15 is 0 Å². The van der Waals surface area contributed by atoms with Gasteiger partial charge in [-0.15, -0.1) is 0 Å². The predicted octanol–water partition coefficient (Wildman–Crippen LogP) is 2.61. The van der Waals surface area contributed by atoms with E-state index in [1.165, 1.54) is 0 Å². The maximum atomic E-state index is 5.05. The lowest BCUT2D eigenvalue weighted by molar-refractivity contribution is 0.886. The molecule has 0 radical (unpaired) electrons. The summed E-state index contributed by atoms with van der Waals surface area (Å²) in [5.74, 6) is 0.414. The largest absolute Gasteiger partial charge is 0.331 e. The highest BCUT2D eigenvalue weighted by molar-refractivity contribution is 7.80. The Hall–Kier alpha value is -1.42. The first-order valence-electron chi connectivity index (χ1n) is 4.83. The van der Waals surface area contributed by atoms with Crippen LogP contribution in [0.1, 0.15) is 13.8 Å². The number of nitrogens with one attached hydrogen (secondary N) is 2. The summed E-state index contributed by atoms with van der Waals surface area (Å²) in [4.78, 5) is 0. The van der Waals surface area contributed by atoms with E-state index in [9.17, 15) is 0 Å². The van der Waals surface area contributed by atoms with Gasteiger partial charge in [-0.1, -0.05) is 32.0 Å². The number of anilines is 1. The van der Waals surface area contributed by atoms with Crippen LogP contribution in [0.5, 0.6) is 0 Å². The number of nitrogens with zero attached hydrogens (tertiary/aromatic N) is 1. The maximum absolute atomic E-state index is 5.05. The zero-order chi connectivity index (χ0) is 11.1. The van der Waals surface area contributed by atoms with Crippen molar-refractivity contribution in [3.63, 3.8) is 0 Å². The van der Waals surface area contributed by atoms with Crippen molar-refractivity contribution in [1.82, 2.24) is 5.43 Å². The lowest BCUT2D eigenvalue weighted by Crippen LogP contribution is -2.24. The van der Waals surface area contributed by atoms with Crippen molar-refractivity contribution in [2.75, 3.05) is 5.32 Å². The van der Waals surface area contributed by atoms with Crippen LogP contribution >= 0.6 is 12.2 Å². The minimum atomic E-state index is 0.414. The van der Waals surface area contributed by atoms with Gasteiger partial charge < -0.3 is 5.32 Å². The first kappa shape index (κ1) is 11.7. The molecule has 0 heterocycles. The van der Waals surface area contributed by atoms with E-state index in [0.29, 0.717) is 11.0 Å². The lowest BCUT2D eigenvalue weighted by Gasteiger charge is -2.06. The molecule has 0 bridgehead atoms. The Balaban J connectivity index is 2.37. The van der Waals surface area contributed by atoms with Crippen LogP contribution in [0.2, 0.25) is 0 Å². The Morgan fingerprint density at radius 1 is 1.33 bits per heavy atom. The van der Waals surface area contributed by atoms with Gasteiger partial charge in [0.1, 0.15) is 0 Å². The molecule has 3 nitrogen and oxygen atoms in total. The molecule has 0 saturated carbocycles. The van der Waals surface area contributed by atoms with E-state index in [2.05, 4.69) is 29.7 Å². The first-order valence-corrected chi connectivity index (χ1v) is 5.24. The highest BCUT2D eigenvalue weighted by Crippen LogP contribution is 2.04. The molecule has 0 spiro atoms. The van der Waals surface area contributed by atoms with Crippen LogP contribution in [0.15, 0.2) is 35.4 Å². The topological polar surface area (TPSA) is 36.4 Å². The molecule has 0 aliphatic heterocycles. The van der Waals surface area contributed by atoms with Crippen LogP contribution in [0, 0.1) is 5.92 Å². The normalized spacial score (nSPS) is 10.6. The second-order valence-electron chi connectivity index (χ2n) is 3.45. The molecule has 80 valence electrons. The molecule has 0 fully saturated rings. The van der Waals surface area contributed by atoms with Crippen molar-refractivity contribution in [2.45, 2.75) is 13.8 Å². The van der Waals surface area contributed by atoms with Crippen molar-refractivity contribution >= 4 is 29.2 Å². The van der Waals surface area contributed by atoms with Gasteiger partial charge in [0, 0.05) is 11.9 Å². The molecule has 1 rings (SSSR count). The van der Waals surface area contributed by atoms with E-state index in [-0.39, 0.29) is 0 Å². The summed E-state index contributed by atoms with van der Waals surface area (Å²) in [6.45, 7) is 4.11. The molecule has 2 N–H and O–H groups in total. The summed E-state index contributed by atoms with van der Waals surface area (Å²) in [6.07, 6.45) is 1.80. The van der Waals surface area contributed by atoms with Crippen LogP contribution in [0.4, 0.5) is 5.69 Å². The molecule has 15 heavy (non-hydrogen) atoms. The molecule has 0 amide bonds. The Morgan fingerprint density at radius 3 is 2.60 bits per heavy atom. The second kappa shape index (κ2) is 6.14. The van der Waals surface area contributed by atoms with Crippen molar-refractivity contribution in [3.05, 3.63) is 30.3 Å². The van der Waals surface area contributed by atoms with E-state index < -0.39 is 0 Å². The van der Waals surface area contributed by atoms with Crippen molar-refractivity contribution in [2.24, 2.45) is 11.0 Å². The fourth-order valence-corrected chi connectivity index (χ4v) is 1.10. The molecular formula is C11H15N3S. The van der Waals surface area contributed by atoms with Crippen molar-refractivity contribution in [3.8, 4) is 0 Å².